The number of ether oxygens (including phenoxy) is 1. The summed E-state index contributed by atoms with van der Waals surface area (Å²) in [5, 5.41) is 3.25. The molecule has 5 heteroatoms. The van der Waals surface area contributed by atoms with Crippen molar-refractivity contribution >= 4 is 0 Å². The van der Waals surface area contributed by atoms with Crippen LogP contribution in [0.5, 0.6) is 5.75 Å². The Balaban J connectivity index is 2.81. The van der Waals surface area contributed by atoms with E-state index in [2.05, 4.69) is 10.1 Å². The van der Waals surface area contributed by atoms with E-state index < -0.39 is 6.36 Å². The van der Waals surface area contributed by atoms with Crippen molar-refractivity contribution < 1.29 is 17.9 Å². The molecule has 0 aliphatic carbocycles. The van der Waals surface area contributed by atoms with E-state index >= 15 is 0 Å². The van der Waals surface area contributed by atoms with Crippen LogP contribution in [-0.4, -0.2) is 18.9 Å². The van der Waals surface area contributed by atoms with Gasteiger partial charge in [0.15, 0.2) is 0 Å². The largest absolute Gasteiger partial charge is 0.573 e. The van der Waals surface area contributed by atoms with Crippen LogP contribution < -0.4 is 10.1 Å². The number of nitrogens with one attached hydrogen (secondary N) is 1. The zero-order valence-corrected chi connectivity index (χ0v) is 11.4. The van der Waals surface area contributed by atoms with Crippen LogP contribution in [0.4, 0.5) is 13.2 Å². The molecule has 0 fully saturated rings. The van der Waals surface area contributed by atoms with Gasteiger partial charge >= 0.3 is 6.36 Å². The highest BCUT2D eigenvalue weighted by molar-refractivity contribution is 5.36. The van der Waals surface area contributed by atoms with Gasteiger partial charge in [-0.1, -0.05) is 32.0 Å². The topological polar surface area (TPSA) is 21.3 Å². The van der Waals surface area contributed by atoms with Crippen molar-refractivity contribution in [3.63, 3.8) is 0 Å². The van der Waals surface area contributed by atoms with Crippen molar-refractivity contribution in [2.75, 3.05) is 6.54 Å². The van der Waals surface area contributed by atoms with Gasteiger partial charge in [0.25, 0.3) is 0 Å². The first-order valence-electron chi connectivity index (χ1n) is 6.41. The van der Waals surface area contributed by atoms with Crippen molar-refractivity contribution in [3.8, 4) is 5.75 Å². The zero-order valence-electron chi connectivity index (χ0n) is 11.4. The summed E-state index contributed by atoms with van der Waals surface area (Å²) in [7, 11) is 0. The summed E-state index contributed by atoms with van der Waals surface area (Å²) >= 11 is 0. The van der Waals surface area contributed by atoms with Crippen LogP contribution in [0.3, 0.4) is 0 Å². The minimum absolute atomic E-state index is 0.00685. The van der Waals surface area contributed by atoms with Gasteiger partial charge in [0.05, 0.1) is 0 Å². The highest BCUT2D eigenvalue weighted by atomic mass is 19.4. The molecular formula is C14H20F3NO. The lowest BCUT2D eigenvalue weighted by atomic mass is 9.93. The maximum absolute atomic E-state index is 12.3. The van der Waals surface area contributed by atoms with Crippen molar-refractivity contribution in [2.24, 2.45) is 0 Å². The van der Waals surface area contributed by atoms with Crippen molar-refractivity contribution in [2.45, 2.75) is 45.5 Å². The third-order valence-electron chi connectivity index (χ3n) is 2.94. The van der Waals surface area contributed by atoms with Gasteiger partial charge in [-0.3, -0.25) is 0 Å². The van der Waals surface area contributed by atoms with Gasteiger partial charge in [-0.05, 0) is 37.4 Å². The summed E-state index contributed by atoms with van der Waals surface area (Å²) in [5.41, 5.74) is 0.588. The number of benzene rings is 1. The summed E-state index contributed by atoms with van der Waals surface area (Å²) in [4.78, 5) is 0. The Kier molecular flexibility index (Phi) is 5.66. The van der Waals surface area contributed by atoms with Crippen molar-refractivity contribution in [1.29, 1.82) is 0 Å². The number of rotatable bonds is 6. The molecule has 0 aliphatic rings. The van der Waals surface area contributed by atoms with Crippen LogP contribution in [0.15, 0.2) is 24.3 Å². The fourth-order valence-electron chi connectivity index (χ4n) is 2.19. The van der Waals surface area contributed by atoms with Gasteiger partial charge < -0.3 is 10.1 Å². The fourth-order valence-corrected chi connectivity index (χ4v) is 2.19. The smallest absolute Gasteiger partial charge is 0.405 e. The van der Waals surface area contributed by atoms with Crippen LogP contribution in [0.1, 0.15) is 38.7 Å². The van der Waals surface area contributed by atoms with E-state index in [1.54, 1.807) is 18.2 Å². The van der Waals surface area contributed by atoms with Gasteiger partial charge in [0.1, 0.15) is 5.75 Å². The molecule has 2 nitrogen and oxygen atoms in total. The predicted molar refractivity (Wildman–Crippen MR) is 69.3 cm³/mol. The summed E-state index contributed by atoms with van der Waals surface area (Å²) in [6, 6.07) is 6.57. The van der Waals surface area contributed by atoms with E-state index in [4.69, 9.17) is 0 Å². The van der Waals surface area contributed by atoms with Crippen LogP contribution in [-0.2, 0) is 0 Å². The molecule has 1 rings (SSSR count). The minimum atomic E-state index is -4.65. The molecule has 19 heavy (non-hydrogen) atoms. The quantitative estimate of drug-likeness (QED) is 0.844. The van der Waals surface area contributed by atoms with Gasteiger partial charge in [0, 0.05) is 6.04 Å². The Morgan fingerprint density at radius 1 is 1.21 bits per heavy atom. The number of hydrogen-bond acceptors (Lipinski definition) is 2. The first-order chi connectivity index (χ1) is 8.83. The van der Waals surface area contributed by atoms with Crippen LogP contribution in [0.2, 0.25) is 0 Å². The second kappa shape index (κ2) is 6.80. The molecule has 0 amide bonds. The van der Waals surface area contributed by atoms with E-state index in [1.807, 2.05) is 20.8 Å². The second-order valence-electron chi connectivity index (χ2n) is 4.68. The lowest BCUT2D eigenvalue weighted by molar-refractivity contribution is -0.275. The van der Waals surface area contributed by atoms with Crippen LogP contribution in [0.25, 0.3) is 0 Å². The highest BCUT2D eigenvalue weighted by Crippen LogP contribution is 2.33. The molecule has 0 aromatic heterocycles. The van der Waals surface area contributed by atoms with E-state index in [0.29, 0.717) is 5.56 Å². The second-order valence-corrected chi connectivity index (χ2v) is 4.68. The monoisotopic (exact) mass is 275 g/mol. The van der Waals surface area contributed by atoms with Crippen molar-refractivity contribution in [1.82, 2.24) is 5.32 Å². The molecule has 0 saturated carbocycles. The molecule has 108 valence electrons. The Morgan fingerprint density at radius 3 is 2.42 bits per heavy atom. The molecule has 1 aromatic carbocycles. The zero-order chi connectivity index (χ0) is 14.5. The third kappa shape index (κ3) is 5.51. The molecule has 0 bridgehead atoms. The van der Waals surface area contributed by atoms with Gasteiger partial charge in [0.2, 0.25) is 0 Å². The predicted octanol–water partition coefficient (Wildman–Crippen LogP) is 4.08. The van der Waals surface area contributed by atoms with E-state index in [9.17, 15) is 13.2 Å². The lowest BCUT2D eigenvalue weighted by Crippen LogP contribution is -2.27. The van der Waals surface area contributed by atoms with Crippen LogP contribution >= 0.6 is 0 Å². The summed E-state index contributed by atoms with van der Waals surface area (Å²) < 4.78 is 41.1. The van der Waals surface area contributed by atoms with Crippen molar-refractivity contribution in [3.05, 3.63) is 29.8 Å². The molecule has 1 N–H and O–H groups in total. The normalized spacial score (nSPS) is 15.1. The number of halogens is 3. The maximum Gasteiger partial charge on any atom is 0.573 e. The molecular weight excluding hydrogens is 255 g/mol. The molecule has 0 radical (unpaired) electrons. The molecule has 0 aliphatic heterocycles. The SMILES string of the molecule is CCNC(C)CC(C)c1ccccc1OC(F)(F)F. The Bertz CT molecular complexity index is 393. The lowest BCUT2D eigenvalue weighted by Gasteiger charge is -2.21. The average Bonchev–Trinajstić information content (AvgIpc) is 2.27. The van der Waals surface area contributed by atoms with E-state index in [0.717, 1.165) is 13.0 Å². The fraction of sp³-hybridized carbons (Fsp3) is 0.571. The molecule has 0 heterocycles. The first kappa shape index (κ1) is 15.8. The molecule has 1 aromatic rings. The average molecular weight is 275 g/mol. The third-order valence-corrected chi connectivity index (χ3v) is 2.94. The summed E-state index contributed by atoms with van der Waals surface area (Å²) in [6.07, 6.45) is -3.89. The molecule has 2 unspecified atom stereocenters. The molecule has 0 spiro atoms. The highest BCUT2D eigenvalue weighted by Gasteiger charge is 2.32. The van der Waals surface area contributed by atoms with E-state index in [1.165, 1.54) is 6.07 Å². The Morgan fingerprint density at radius 2 is 1.84 bits per heavy atom. The molecule has 2 atom stereocenters. The van der Waals surface area contributed by atoms with Gasteiger partial charge in [-0.25, -0.2) is 0 Å². The maximum atomic E-state index is 12.3. The van der Waals surface area contributed by atoms with Crippen LogP contribution in [0, 0.1) is 0 Å². The first-order valence-corrected chi connectivity index (χ1v) is 6.41. The Hall–Kier alpha value is -1.23. The van der Waals surface area contributed by atoms with E-state index in [-0.39, 0.29) is 17.7 Å². The van der Waals surface area contributed by atoms with Gasteiger partial charge in [-0.2, -0.15) is 0 Å². The minimum Gasteiger partial charge on any atom is -0.405 e. The molecule has 0 saturated heterocycles. The van der Waals surface area contributed by atoms with Gasteiger partial charge in [-0.15, -0.1) is 13.2 Å². The summed E-state index contributed by atoms with van der Waals surface area (Å²) in [5.74, 6) is -0.112. The number of hydrogen-bond donors (Lipinski definition) is 1. The summed E-state index contributed by atoms with van der Waals surface area (Å²) in [6.45, 7) is 6.77. The standard InChI is InChI=1S/C14H20F3NO/c1-4-18-11(3)9-10(2)12-7-5-6-8-13(12)19-14(15,16)17/h5-8,10-11,18H,4,9H2,1-3H3. The number of para-hydroxylation sites is 1. The number of alkyl halides is 3. The Labute approximate surface area is 112 Å².